The summed E-state index contributed by atoms with van der Waals surface area (Å²) in [5.41, 5.74) is 1.51. The van der Waals surface area contributed by atoms with Crippen LogP contribution in [-0.2, 0) is 9.53 Å². The van der Waals surface area contributed by atoms with E-state index in [2.05, 4.69) is 52.9 Å². The first-order valence-electron chi connectivity index (χ1n) is 11.8. The monoisotopic (exact) mass is 715 g/mol. The number of hydrogen-bond donors (Lipinski definition) is 0. The van der Waals surface area contributed by atoms with Gasteiger partial charge < -0.3 is 13.9 Å². The predicted octanol–water partition coefficient (Wildman–Crippen LogP) is 7.31. The number of para-hydroxylation sites is 1. The van der Waals surface area contributed by atoms with E-state index in [9.17, 15) is 9.59 Å². The van der Waals surface area contributed by atoms with E-state index in [1.807, 2.05) is 30.3 Å². The van der Waals surface area contributed by atoms with Gasteiger partial charge in [-0.25, -0.2) is 9.78 Å². The molecule has 8 nitrogen and oxygen atoms in total. The fourth-order valence-corrected chi connectivity index (χ4v) is 5.68. The van der Waals surface area contributed by atoms with Crippen LogP contribution < -0.4 is 10.3 Å². The number of carbonyl (C=O) groups is 1. The summed E-state index contributed by atoms with van der Waals surface area (Å²) in [5, 5.41) is 5.79. The molecule has 2 heterocycles. The van der Waals surface area contributed by atoms with Gasteiger partial charge in [-0.3, -0.25) is 4.79 Å². The molecular weight excluding hydrogens is 698 g/mol. The van der Waals surface area contributed by atoms with Crippen LogP contribution >= 0.6 is 47.8 Å². The number of carbonyl (C=O) groups excluding carboxylic acids is 1. The molecule has 0 saturated heterocycles. The molecule has 0 amide bonds. The van der Waals surface area contributed by atoms with E-state index in [1.54, 1.807) is 44.2 Å². The van der Waals surface area contributed by atoms with Crippen LogP contribution in [0.25, 0.3) is 33.5 Å². The van der Waals surface area contributed by atoms with Crippen molar-refractivity contribution in [2.45, 2.75) is 20.0 Å². The minimum atomic E-state index is -0.800. The van der Waals surface area contributed by atoms with Crippen molar-refractivity contribution < 1.29 is 18.7 Å². The molecule has 5 aromatic rings. The number of halogens is 3. The second-order valence-corrected chi connectivity index (χ2v) is 11.1. The molecule has 0 saturated carbocycles. The van der Waals surface area contributed by atoms with Crippen molar-refractivity contribution >= 4 is 81.8 Å². The molecule has 0 fully saturated rings. The molecule has 0 unspecified atom stereocenters. The third kappa shape index (κ3) is 5.70. The minimum Gasteiger partial charge on any atom is -0.477 e. The van der Waals surface area contributed by atoms with Gasteiger partial charge >= 0.3 is 5.97 Å². The van der Waals surface area contributed by atoms with Crippen LogP contribution in [0.1, 0.15) is 19.4 Å². The largest absolute Gasteiger partial charge is 0.477 e. The summed E-state index contributed by atoms with van der Waals surface area (Å²) < 4.78 is 20.2. The lowest BCUT2D eigenvalue weighted by Gasteiger charge is -2.16. The molecule has 3 aromatic carbocycles. The minimum absolute atomic E-state index is 0.265. The zero-order chi connectivity index (χ0) is 27.7. The average Bonchev–Trinajstić information content (AvgIpc) is 3.33. The highest BCUT2D eigenvalue weighted by Crippen LogP contribution is 2.35. The highest BCUT2D eigenvalue weighted by Gasteiger charge is 2.20. The van der Waals surface area contributed by atoms with Crippen LogP contribution in [0.5, 0.6) is 5.75 Å². The highest BCUT2D eigenvalue weighted by atomic mass is 79.9. The Kier molecular flexibility index (Phi) is 8.01. The molecule has 0 N–H and O–H groups in total. The number of nitrogens with zero attached hydrogens (tertiary/aromatic N) is 3. The Hall–Kier alpha value is -3.28. The Morgan fingerprint density at radius 2 is 1.85 bits per heavy atom. The van der Waals surface area contributed by atoms with E-state index in [0.29, 0.717) is 42.5 Å². The van der Waals surface area contributed by atoms with Crippen molar-refractivity contribution in [1.82, 2.24) is 9.66 Å². The summed E-state index contributed by atoms with van der Waals surface area (Å²) >= 11 is 10.5. The number of hydrogen-bond acceptors (Lipinski definition) is 7. The Morgan fingerprint density at radius 1 is 1.10 bits per heavy atom. The fraction of sp³-hybridized carbons (Fsp3) is 0.143. The van der Waals surface area contributed by atoms with E-state index in [1.165, 1.54) is 10.9 Å². The highest BCUT2D eigenvalue weighted by molar-refractivity contribution is 9.11. The number of esters is 1. The van der Waals surface area contributed by atoms with Crippen molar-refractivity contribution in [3.8, 4) is 17.3 Å². The van der Waals surface area contributed by atoms with Gasteiger partial charge in [0.1, 0.15) is 11.3 Å². The summed E-state index contributed by atoms with van der Waals surface area (Å²) in [7, 11) is 0. The van der Waals surface area contributed by atoms with Crippen LogP contribution in [0.4, 0.5) is 0 Å². The lowest BCUT2D eigenvalue weighted by atomic mass is 10.2. The van der Waals surface area contributed by atoms with Crippen molar-refractivity contribution in [1.29, 1.82) is 0 Å². The summed E-state index contributed by atoms with van der Waals surface area (Å²) in [6.07, 6.45) is 0.737. The first kappa shape index (κ1) is 27.3. The molecule has 0 aliphatic rings. The molecule has 1 atom stereocenters. The lowest BCUT2D eigenvalue weighted by molar-refractivity contribution is -0.150. The molecule has 11 heteroatoms. The molecule has 2 aromatic heterocycles. The molecule has 0 radical (unpaired) electrons. The normalized spacial score (nSPS) is 12.3. The number of benzene rings is 3. The van der Waals surface area contributed by atoms with Crippen LogP contribution in [0.15, 0.2) is 88.4 Å². The van der Waals surface area contributed by atoms with E-state index < -0.39 is 12.1 Å². The third-order valence-electron chi connectivity index (χ3n) is 5.71. The zero-order valence-corrected chi connectivity index (χ0v) is 25.4. The molecule has 0 aliphatic carbocycles. The maximum Gasteiger partial charge on any atom is 0.347 e. The van der Waals surface area contributed by atoms with E-state index in [0.717, 1.165) is 9.86 Å². The smallest absolute Gasteiger partial charge is 0.347 e. The van der Waals surface area contributed by atoms with Crippen molar-refractivity contribution in [2.24, 2.45) is 5.10 Å². The number of rotatable bonds is 7. The van der Waals surface area contributed by atoms with Crippen LogP contribution in [0, 0.1) is 0 Å². The Labute approximate surface area is 248 Å². The topological polar surface area (TPSA) is 95.9 Å². The summed E-state index contributed by atoms with van der Waals surface area (Å²) in [6, 6.07) is 18.1. The van der Waals surface area contributed by atoms with Gasteiger partial charge in [0.15, 0.2) is 11.9 Å². The van der Waals surface area contributed by atoms with Crippen molar-refractivity contribution in [3.05, 3.63) is 90.0 Å². The van der Waals surface area contributed by atoms with Gasteiger partial charge in [-0.05, 0) is 99.8 Å². The van der Waals surface area contributed by atoms with Gasteiger partial charge in [0, 0.05) is 9.86 Å². The first-order valence-corrected chi connectivity index (χ1v) is 14.2. The Morgan fingerprint density at radius 3 is 2.59 bits per heavy atom. The fourth-order valence-electron chi connectivity index (χ4n) is 3.89. The molecule has 198 valence electrons. The number of fused-ring (bicyclic) bond motifs is 2. The predicted molar refractivity (Wildman–Crippen MR) is 160 cm³/mol. The van der Waals surface area contributed by atoms with Crippen molar-refractivity contribution in [3.63, 3.8) is 0 Å². The summed E-state index contributed by atoms with van der Waals surface area (Å²) in [4.78, 5) is 30.2. The van der Waals surface area contributed by atoms with Gasteiger partial charge in [0.05, 0.1) is 32.7 Å². The first-order chi connectivity index (χ1) is 18.7. The lowest BCUT2D eigenvalue weighted by Crippen LogP contribution is -2.26. The van der Waals surface area contributed by atoms with Crippen molar-refractivity contribution in [2.75, 3.05) is 6.61 Å². The number of aromatic nitrogens is 2. The second-order valence-electron chi connectivity index (χ2n) is 8.43. The summed E-state index contributed by atoms with van der Waals surface area (Å²) in [6.45, 7) is 3.62. The summed E-state index contributed by atoms with van der Waals surface area (Å²) in [5.74, 6) is 0.646. The molecule has 39 heavy (non-hydrogen) atoms. The van der Waals surface area contributed by atoms with Gasteiger partial charge in [0.25, 0.3) is 5.56 Å². The van der Waals surface area contributed by atoms with Crippen LogP contribution in [-0.4, -0.2) is 34.6 Å². The van der Waals surface area contributed by atoms with Gasteiger partial charge in [0.2, 0.25) is 5.82 Å². The van der Waals surface area contributed by atoms with E-state index >= 15 is 0 Å². The van der Waals surface area contributed by atoms with Gasteiger partial charge in [-0.1, -0.05) is 28.1 Å². The average molecular weight is 718 g/mol. The standard InChI is InChI=1S/C28H20Br3N3O5/c1-3-37-28(36)15(2)38-25-20(30)10-16(11-21(25)31)14-32-34-26(33-22-7-5-4-6-19(22)27(34)35)24-13-17-12-18(29)8-9-23(17)39-24/h4-15H,3H2,1-2H3/t15-/m0/s1. The number of ether oxygens (including phenoxy) is 2. The van der Waals surface area contributed by atoms with Crippen LogP contribution in [0.3, 0.4) is 0 Å². The molecule has 5 rings (SSSR count). The van der Waals surface area contributed by atoms with Gasteiger partial charge in [-0.2, -0.15) is 9.78 Å². The number of furan rings is 1. The maximum atomic E-state index is 13.5. The Bertz CT molecular complexity index is 1790. The second kappa shape index (κ2) is 11.4. The quantitative estimate of drug-likeness (QED) is 0.130. The third-order valence-corrected chi connectivity index (χ3v) is 7.38. The van der Waals surface area contributed by atoms with E-state index in [4.69, 9.17) is 18.9 Å². The molecule has 0 spiro atoms. The zero-order valence-electron chi connectivity index (χ0n) is 20.7. The van der Waals surface area contributed by atoms with Gasteiger partial charge in [-0.15, -0.1) is 0 Å². The van der Waals surface area contributed by atoms with Crippen LogP contribution in [0.2, 0.25) is 0 Å². The van der Waals surface area contributed by atoms with E-state index in [-0.39, 0.29) is 18.0 Å². The molecular formula is C28H20Br3N3O5. The molecule has 0 bridgehead atoms. The maximum absolute atomic E-state index is 13.5. The molecule has 0 aliphatic heterocycles. The SMILES string of the molecule is CCOC(=O)[C@H](C)Oc1c(Br)cc(C=Nn2c(-c3cc4cc(Br)ccc4o3)nc3ccccc3c2=O)cc1Br. The Balaban J connectivity index is 1.56.